The molecule has 128 valence electrons. The number of hydrogen-bond donors (Lipinski definition) is 1. The van der Waals surface area contributed by atoms with Gasteiger partial charge in [-0.1, -0.05) is 37.3 Å². The van der Waals surface area contributed by atoms with E-state index >= 15 is 0 Å². The predicted octanol–water partition coefficient (Wildman–Crippen LogP) is 4.30. The number of hydrogen-bond acceptors (Lipinski definition) is 3. The summed E-state index contributed by atoms with van der Waals surface area (Å²) >= 11 is 1.72. The summed E-state index contributed by atoms with van der Waals surface area (Å²) in [6.07, 6.45) is 3.40. The third-order valence-electron chi connectivity index (χ3n) is 3.94. The Bertz CT molecular complexity index is 655. The van der Waals surface area contributed by atoms with Gasteiger partial charge in [0.25, 0.3) is 0 Å². The molecular formula is C20H25NO2S. The fourth-order valence-electron chi connectivity index (χ4n) is 2.65. The maximum atomic E-state index is 12.1. The summed E-state index contributed by atoms with van der Waals surface area (Å²) in [6.45, 7) is 2.67. The highest BCUT2D eigenvalue weighted by Gasteiger charge is 2.12. The number of rotatable bonds is 8. The Morgan fingerprint density at radius 3 is 2.54 bits per heavy atom. The maximum Gasteiger partial charge on any atom is 0.220 e. The van der Waals surface area contributed by atoms with E-state index in [1.54, 1.807) is 18.9 Å². The van der Waals surface area contributed by atoms with Crippen LogP contribution in [0.25, 0.3) is 0 Å². The Balaban J connectivity index is 1.80. The van der Waals surface area contributed by atoms with Crippen molar-refractivity contribution in [3.05, 3.63) is 59.7 Å². The van der Waals surface area contributed by atoms with Crippen molar-refractivity contribution in [1.29, 1.82) is 0 Å². The number of carbonyl (C=O) groups is 1. The lowest BCUT2D eigenvalue weighted by molar-refractivity contribution is -0.122. The van der Waals surface area contributed by atoms with Gasteiger partial charge >= 0.3 is 0 Å². The van der Waals surface area contributed by atoms with Crippen LogP contribution < -0.4 is 10.1 Å². The highest BCUT2D eigenvalue weighted by molar-refractivity contribution is 7.98. The smallest absolute Gasteiger partial charge is 0.220 e. The monoisotopic (exact) mass is 343 g/mol. The molecule has 2 rings (SSSR count). The van der Waals surface area contributed by atoms with Crippen molar-refractivity contribution >= 4 is 17.7 Å². The van der Waals surface area contributed by atoms with Crippen LogP contribution in [0.15, 0.2) is 53.4 Å². The summed E-state index contributed by atoms with van der Waals surface area (Å²) in [4.78, 5) is 13.4. The maximum absolute atomic E-state index is 12.1. The first-order valence-electron chi connectivity index (χ1n) is 8.14. The van der Waals surface area contributed by atoms with Gasteiger partial charge in [-0.15, -0.1) is 11.8 Å². The van der Waals surface area contributed by atoms with E-state index in [9.17, 15) is 4.79 Å². The van der Waals surface area contributed by atoms with Crippen LogP contribution in [0.5, 0.6) is 5.75 Å². The fraction of sp³-hybridized carbons (Fsp3) is 0.350. The second-order valence-corrected chi connectivity index (χ2v) is 6.83. The third kappa shape index (κ3) is 5.60. The van der Waals surface area contributed by atoms with Gasteiger partial charge in [0.15, 0.2) is 0 Å². The Morgan fingerprint density at radius 1 is 1.17 bits per heavy atom. The summed E-state index contributed by atoms with van der Waals surface area (Å²) in [5.74, 6) is 1.24. The molecule has 2 aromatic rings. The minimum atomic E-state index is 0.0892. The number of amides is 1. The molecule has 0 saturated carbocycles. The van der Waals surface area contributed by atoms with Crippen LogP contribution >= 0.6 is 11.8 Å². The van der Waals surface area contributed by atoms with E-state index in [0.717, 1.165) is 23.3 Å². The van der Waals surface area contributed by atoms with E-state index in [1.165, 1.54) is 4.90 Å². The van der Waals surface area contributed by atoms with Crippen molar-refractivity contribution in [2.45, 2.75) is 31.2 Å². The van der Waals surface area contributed by atoms with Crippen molar-refractivity contribution in [3.63, 3.8) is 0 Å². The summed E-state index contributed by atoms with van der Waals surface area (Å²) in [6, 6.07) is 16.3. The highest BCUT2D eigenvalue weighted by atomic mass is 32.2. The summed E-state index contributed by atoms with van der Waals surface area (Å²) in [5.41, 5.74) is 2.27. The van der Waals surface area contributed by atoms with Gasteiger partial charge in [-0.3, -0.25) is 4.79 Å². The van der Waals surface area contributed by atoms with Crippen molar-refractivity contribution in [2.75, 3.05) is 13.4 Å². The average molecular weight is 343 g/mol. The van der Waals surface area contributed by atoms with E-state index in [4.69, 9.17) is 4.74 Å². The van der Waals surface area contributed by atoms with Crippen LogP contribution in [0, 0.1) is 5.92 Å². The molecule has 0 fully saturated rings. The van der Waals surface area contributed by atoms with Crippen molar-refractivity contribution in [2.24, 2.45) is 5.92 Å². The van der Waals surface area contributed by atoms with Gasteiger partial charge in [0.05, 0.1) is 7.11 Å². The Kier molecular flexibility index (Phi) is 7.19. The molecule has 24 heavy (non-hydrogen) atoms. The lowest BCUT2D eigenvalue weighted by atomic mass is 9.97. The largest absolute Gasteiger partial charge is 0.496 e. The molecule has 4 heteroatoms. The zero-order chi connectivity index (χ0) is 17.4. The molecule has 0 saturated heterocycles. The SMILES string of the molecule is COc1ccccc1CC(C)CC(=O)NCc1ccc(SC)cc1. The number of para-hydroxylation sites is 1. The Hall–Kier alpha value is -1.94. The number of carbonyl (C=O) groups excluding carboxylic acids is 1. The third-order valence-corrected chi connectivity index (χ3v) is 4.69. The highest BCUT2D eigenvalue weighted by Crippen LogP contribution is 2.22. The van der Waals surface area contributed by atoms with Crippen LogP contribution in [0.2, 0.25) is 0 Å². The van der Waals surface area contributed by atoms with Gasteiger partial charge in [-0.2, -0.15) is 0 Å². The van der Waals surface area contributed by atoms with E-state index in [-0.39, 0.29) is 11.8 Å². The lowest BCUT2D eigenvalue weighted by Gasteiger charge is -2.14. The molecule has 0 heterocycles. The van der Waals surface area contributed by atoms with Crippen LogP contribution in [0.1, 0.15) is 24.5 Å². The van der Waals surface area contributed by atoms with Gasteiger partial charge in [0, 0.05) is 17.9 Å². The molecular weight excluding hydrogens is 318 g/mol. The quantitative estimate of drug-likeness (QED) is 0.726. The molecule has 1 N–H and O–H groups in total. The summed E-state index contributed by atoms with van der Waals surface area (Å²) in [7, 11) is 1.68. The van der Waals surface area contributed by atoms with Gasteiger partial charge < -0.3 is 10.1 Å². The molecule has 2 aromatic carbocycles. The Labute approximate surface area is 148 Å². The number of nitrogens with one attached hydrogen (secondary N) is 1. The number of methoxy groups -OCH3 is 1. The predicted molar refractivity (Wildman–Crippen MR) is 101 cm³/mol. The molecule has 1 atom stereocenters. The fourth-order valence-corrected chi connectivity index (χ4v) is 3.06. The molecule has 0 aliphatic carbocycles. The summed E-state index contributed by atoms with van der Waals surface area (Å²) in [5, 5.41) is 3.00. The molecule has 0 bridgehead atoms. The van der Waals surface area contributed by atoms with Crippen molar-refractivity contribution in [1.82, 2.24) is 5.32 Å². The zero-order valence-electron chi connectivity index (χ0n) is 14.5. The van der Waals surface area contributed by atoms with Gasteiger partial charge in [0.2, 0.25) is 5.91 Å². The van der Waals surface area contributed by atoms with Crippen LogP contribution in [-0.4, -0.2) is 19.3 Å². The summed E-state index contributed by atoms with van der Waals surface area (Å²) < 4.78 is 5.37. The van der Waals surface area contributed by atoms with E-state index in [1.807, 2.05) is 18.2 Å². The first-order chi connectivity index (χ1) is 11.6. The zero-order valence-corrected chi connectivity index (χ0v) is 15.4. The Morgan fingerprint density at radius 2 is 1.88 bits per heavy atom. The first-order valence-corrected chi connectivity index (χ1v) is 9.36. The van der Waals surface area contributed by atoms with Crippen molar-refractivity contribution in [3.8, 4) is 5.75 Å². The number of thioether (sulfide) groups is 1. The van der Waals surface area contributed by atoms with Gasteiger partial charge in [-0.25, -0.2) is 0 Å². The molecule has 1 unspecified atom stereocenters. The normalized spacial score (nSPS) is 11.8. The molecule has 0 aromatic heterocycles. The molecule has 0 spiro atoms. The van der Waals surface area contributed by atoms with E-state index in [2.05, 4.69) is 48.8 Å². The number of ether oxygens (including phenoxy) is 1. The topological polar surface area (TPSA) is 38.3 Å². The molecule has 0 aliphatic rings. The molecule has 1 amide bonds. The minimum absolute atomic E-state index is 0.0892. The van der Waals surface area contributed by atoms with Gasteiger partial charge in [0.1, 0.15) is 5.75 Å². The van der Waals surface area contributed by atoms with E-state index < -0.39 is 0 Å². The minimum Gasteiger partial charge on any atom is -0.496 e. The second-order valence-electron chi connectivity index (χ2n) is 5.95. The standard InChI is InChI=1S/C20H25NO2S/c1-15(12-17-6-4-5-7-19(17)23-2)13-20(22)21-14-16-8-10-18(24-3)11-9-16/h4-11,15H,12-14H2,1-3H3,(H,21,22). The molecule has 0 aliphatic heterocycles. The second kappa shape index (κ2) is 9.38. The van der Waals surface area contributed by atoms with Gasteiger partial charge in [-0.05, 0) is 47.9 Å². The average Bonchev–Trinajstić information content (AvgIpc) is 2.60. The molecule has 3 nitrogen and oxygen atoms in total. The van der Waals surface area contributed by atoms with E-state index in [0.29, 0.717) is 13.0 Å². The first kappa shape index (κ1) is 18.4. The number of benzene rings is 2. The van der Waals surface area contributed by atoms with Crippen molar-refractivity contribution < 1.29 is 9.53 Å². The molecule has 0 radical (unpaired) electrons. The van der Waals surface area contributed by atoms with Crippen LogP contribution in [0.3, 0.4) is 0 Å². The van der Waals surface area contributed by atoms with Crippen LogP contribution in [0.4, 0.5) is 0 Å². The van der Waals surface area contributed by atoms with Crippen LogP contribution in [-0.2, 0) is 17.8 Å². The lowest BCUT2D eigenvalue weighted by Crippen LogP contribution is -2.25.